The fourth-order valence-electron chi connectivity index (χ4n) is 8.11. The van der Waals surface area contributed by atoms with E-state index in [1.165, 1.54) is 49.7 Å². The lowest BCUT2D eigenvalue weighted by Crippen LogP contribution is -2.16. The molecular formula is C54H38N2. The number of hydrogen-bond donors (Lipinski definition) is 1. The molecule has 1 N–H and O–H groups in total. The smallest absolute Gasteiger partial charge is 0.0715 e. The molecule has 1 aliphatic rings. The Morgan fingerprint density at radius 3 is 1.61 bits per heavy atom. The van der Waals surface area contributed by atoms with Crippen molar-refractivity contribution in [1.82, 2.24) is 4.98 Å². The third-order valence-corrected chi connectivity index (χ3v) is 10.9. The average molecular weight is 715 g/mol. The standard InChI is InChI=1S/C54H38N2/c1-5-17-37(18-6-1)41-26-16-29-45(32-41)51-35-46(34-50(55-51)39-21-9-3-10-22-39)42-27-15-28-43(31-42)49-33-44-25-13-14-30-47(44)53-48(38-19-7-2-8-20-38)36-52(56-54(49)53)40-23-11-4-12-24-40/h1-36,52,56H. The fourth-order valence-corrected chi connectivity index (χ4v) is 8.11. The molecule has 2 heterocycles. The van der Waals surface area contributed by atoms with E-state index in [-0.39, 0.29) is 6.04 Å². The molecule has 1 aliphatic heterocycles. The SMILES string of the molecule is C1=C(c2ccccc2)c2c(c(-c3cccc(-c4cc(-c5ccccc5)nc(-c5cccc(-c6ccccc6)c5)c4)c3)cc3ccccc23)NC1c1ccccc1. The van der Waals surface area contributed by atoms with E-state index >= 15 is 0 Å². The van der Waals surface area contributed by atoms with Crippen molar-refractivity contribution in [2.45, 2.75) is 6.04 Å². The van der Waals surface area contributed by atoms with Crippen LogP contribution < -0.4 is 5.32 Å². The Morgan fingerprint density at radius 1 is 0.375 bits per heavy atom. The van der Waals surface area contributed by atoms with Crippen LogP contribution in [0.25, 0.3) is 72.2 Å². The van der Waals surface area contributed by atoms with Gasteiger partial charge in [0.05, 0.1) is 23.1 Å². The highest BCUT2D eigenvalue weighted by atomic mass is 14.9. The Hall–Kier alpha value is -7.29. The van der Waals surface area contributed by atoms with Crippen LogP contribution >= 0.6 is 0 Å². The first-order chi connectivity index (χ1) is 27.7. The van der Waals surface area contributed by atoms with Crippen LogP contribution in [0, 0.1) is 0 Å². The van der Waals surface area contributed by atoms with Crippen LogP contribution in [0.5, 0.6) is 0 Å². The Morgan fingerprint density at radius 2 is 0.893 bits per heavy atom. The zero-order chi connectivity index (χ0) is 37.3. The molecule has 56 heavy (non-hydrogen) atoms. The van der Waals surface area contributed by atoms with E-state index < -0.39 is 0 Å². The number of hydrogen-bond acceptors (Lipinski definition) is 2. The number of pyridine rings is 1. The van der Waals surface area contributed by atoms with Crippen molar-refractivity contribution in [3.8, 4) is 55.9 Å². The minimum Gasteiger partial charge on any atom is -0.374 e. The molecular weight excluding hydrogens is 677 g/mol. The van der Waals surface area contributed by atoms with Gasteiger partial charge < -0.3 is 5.32 Å². The summed E-state index contributed by atoms with van der Waals surface area (Å²) in [4.78, 5) is 5.26. The summed E-state index contributed by atoms with van der Waals surface area (Å²) >= 11 is 0. The Kier molecular flexibility index (Phi) is 8.62. The summed E-state index contributed by atoms with van der Waals surface area (Å²) in [6.07, 6.45) is 2.40. The first-order valence-electron chi connectivity index (χ1n) is 19.2. The number of aromatic nitrogens is 1. The lowest BCUT2D eigenvalue weighted by Gasteiger charge is -2.30. The molecule has 0 spiro atoms. The Bertz CT molecular complexity index is 2860. The van der Waals surface area contributed by atoms with E-state index in [4.69, 9.17) is 4.98 Å². The summed E-state index contributed by atoms with van der Waals surface area (Å²) in [6.45, 7) is 0. The summed E-state index contributed by atoms with van der Waals surface area (Å²) in [7, 11) is 0. The van der Waals surface area contributed by atoms with Crippen molar-refractivity contribution in [3.05, 3.63) is 235 Å². The zero-order valence-electron chi connectivity index (χ0n) is 30.8. The van der Waals surface area contributed by atoms with Crippen molar-refractivity contribution in [2.75, 3.05) is 5.32 Å². The monoisotopic (exact) mass is 714 g/mol. The quantitative estimate of drug-likeness (QED) is 0.178. The molecule has 0 saturated carbocycles. The van der Waals surface area contributed by atoms with E-state index in [9.17, 15) is 0 Å². The third kappa shape index (κ3) is 6.38. The fraction of sp³-hybridized carbons (Fsp3) is 0.0185. The maximum Gasteiger partial charge on any atom is 0.0715 e. The van der Waals surface area contributed by atoms with Gasteiger partial charge in [0.1, 0.15) is 0 Å². The van der Waals surface area contributed by atoms with Gasteiger partial charge in [-0.25, -0.2) is 4.98 Å². The number of benzene rings is 8. The summed E-state index contributed by atoms with van der Waals surface area (Å²) in [6, 6.07) is 76.0. The average Bonchev–Trinajstić information content (AvgIpc) is 3.29. The van der Waals surface area contributed by atoms with Gasteiger partial charge in [0, 0.05) is 22.3 Å². The lowest BCUT2D eigenvalue weighted by molar-refractivity contribution is 0.975. The molecule has 2 nitrogen and oxygen atoms in total. The second-order valence-corrected chi connectivity index (χ2v) is 14.4. The maximum absolute atomic E-state index is 5.26. The second-order valence-electron chi connectivity index (χ2n) is 14.4. The van der Waals surface area contributed by atoms with Gasteiger partial charge in [-0.1, -0.05) is 182 Å². The molecule has 9 aromatic rings. The number of anilines is 1. The largest absolute Gasteiger partial charge is 0.374 e. The normalized spacial score (nSPS) is 13.4. The minimum absolute atomic E-state index is 0.00448. The predicted octanol–water partition coefficient (Wildman–Crippen LogP) is 14.2. The molecule has 10 rings (SSSR count). The third-order valence-electron chi connectivity index (χ3n) is 10.9. The highest BCUT2D eigenvalue weighted by molar-refractivity contribution is 6.09. The highest BCUT2D eigenvalue weighted by Gasteiger charge is 2.26. The van der Waals surface area contributed by atoms with E-state index in [2.05, 4.69) is 224 Å². The van der Waals surface area contributed by atoms with Gasteiger partial charge in [0.25, 0.3) is 0 Å². The van der Waals surface area contributed by atoms with E-state index in [1.807, 2.05) is 0 Å². The van der Waals surface area contributed by atoms with Crippen LogP contribution in [0.3, 0.4) is 0 Å². The van der Waals surface area contributed by atoms with Crippen molar-refractivity contribution in [3.63, 3.8) is 0 Å². The highest BCUT2D eigenvalue weighted by Crippen LogP contribution is 2.48. The van der Waals surface area contributed by atoms with Crippen molar-refractivity contribution >= 4 is 22.0 Å². The number of fused-ring (bicyclic) bond motifs is 3. The first-order valence-corrected chi connectivity index (χ1v) is 19.2. The summed E-state index contributed by atoms with van der Waals surface area (Å²) < 4.78 is 0. The predicted molar refractivity (Wildman–Crippen MR) is 235 cm³/mol. The van der Waals surface area contributed by atoms with Gasteiger partial charge in [0.15, 0.2) is 0 Å². The molecule has 0 bridgehead atoms. The first kappa shape index (κ1) is 33.3. The molecule has 0 fully saturated rings. The second kappa shape index (κ2) is 14.5. The molecule has 0 saturated heterocycles. The molecule has 2 heteroatoms. The molecule has 1 aromatic heterocycles. The number of nitrogens with one attached hydrogen (secondary N) is 1. The van der Waals surface area contributed by atoms with Crippen LogP contribution in [0.4, 0.5) is 5.69 Å². The summed E-state index contributed by atoms with van der Waals surface area (Å²) in [5, 5.41) is 6.47. The van der Waals surface area contributed by atoms with Crippen molar-refractivity contribution in [2.24, 2.45) is 0 Å². The van der Waals surface area contributed by atoms with Crippen LogP contribution in [0.15, 0.2) is 218 Å². The van der Waals surface area contributed by atoms with Gasteiger partial charge in [-0.3, -0.25) is 0 Å². The lowest BCUT2D eigenvalue weighted by atomic mass is 9.83. The minimum atomic E-state index is 0.00448. The van der Waals surface area contributed by atoms with Crippen LogP contribution in [-0.4, -0.2) is 4.98 Å². The molecule has 8 aromatic carbocycles. The van der Waals surface area contributed by atoms with E-state index in [1.54, 1.807) is 0 Å². The molecule has 0 radical (unpaired) electrons. The topological polar surface area (TPSA) is 24.9 Å². The zero-order valence-corrected chi connectivity index (χ0v) is 30.8. The molecule has 264 valence electrons. The van der Waals surface area contributed by atoms with Crippen LogP contribution in [-0.2, 0) is 0 Å². The van der Waals surface area contributed by atoms with Gasteiger partial charge in [0.2, 0.25) is 0 Å². The van der Waals surface area contributed by atoms with Crippen LogP contribution in [0.1, 0.15) is 22.7 Å². The summed E-state index contributed by atoms with van der Waals surface area (Å²) in [5.41, 5.74) is 17.1. The molecule has 0 amide bonds. The molecule has 1 atom stereocenters. The van der Waals surface area contributed by atoms with Gasteiger partial charge >= 0.3 is 0 Å². The van der Waals surface area contributed by atoms with Crippen LogP contribution in [0.2, 0.25) is 0 Å². The van der Waals surface area contributed by atoms with E-state index in [0.29, 0.717) is 0 Å². The molecule has 1 unspecified atom stereocenters. The summed E-state index contributed by atoms with van der Waals surface area (Å²) in [5.74, 6) is 0. The van der Waals surface area contributed by atoms with Gasteiger partial charge in [-0.05, 0) is 91.7 Å². The Labute approximate surface area is 328 Å². The van der Waals surface area contributed by atoms with Crippen molar-refractivity contribution < 1.29 is 0 Å². The number of rotatable bonds is 7. The Balaban J connectivity index is 1.15. The van der Waals surface area contributed by atoms with E-state index in [0.717, 1.165) is 44.9 Å². The molecule has 0 aliphatic carbocycles. The van der Waals surface area contributed by atoms with Gasteiger partial charge in [-0.2, -0.15) is 0 Å². The number of nitrogens with zero attached hydrogens (tertiary/aromatic N) is 1. The van der Waals surface area contributed by atoms with Gasteiger partial charge in [-0.15, -0.1) is 0 Å². The maximum atomic E-state index is 5.26. The van der Waals surface area contributed by atoms with Crippen molar-refractivity contribution in [1.29, 1.82) is 0 Å².